The number of aromatic nitrogens is 1. The van der Waals surface area contributed by atoms with Gasteiger partial charge in [-0.25, -0.2) is 13.2 Å². The number of nitrogens with zero attached hydrogens (tertiary/aromatic N) is 1. The van der Waals surface area contributed by atoms with Crippen LogP contribution in [-0.2, 0) is 15.8 Å². The van der Waals surface area contributed by atoms with Crippen LogP contribution in [0.2, 0.25) is 0 Å². The Bertz CT molecular complexity index is 755. The summed E-state index contributed by atoms with van der Waals surface area (Å²) in [5, 5.41) is 8.80. The Hall–Kier alpha value is -2.41. The van der Waals surface area contributed by atoms with Gasteiger partial charge >= 0.3 is 5.97 Å². The summed E-state index contributed by atoms with van der Waals surface area (Å²) in [5.74, 6) is -1.28. The van der Waals surface area contributed by atoms with Crippen LogP contribution in [0.15, 0.2) is 42.6 Å². The number of sulfonamides is 1. The van der Waals surface area contributed by atoms with E-state index in [1.807, 2.05) is 0 Å². The first-order valence-corrected chi connectivity index (χ1v) is 7.77. The lowest BCUT2D eigenvalue weighted by molar-refractivity contribution is 0.0697. The van der Waals surface area contributed by atoms with Gasteiger partial charge in [-0.3, -0.25) is 9.71 Å². The molecule has 0 amide bonds. The van der Waals surface area contributed by atoms with Crippen LogP contribution in [0.25, 0.3) is 0 Å². The molecule has 2 aromatic rings. The van der Waals surface area contributed by atoms with Gasteiger partial charge in [-0.1, -0.05) is 12.1 Å². The second-order valence-electron chi connectivity index (χ2n) is 4.50. The predicted molar refractivity (Wildman–Crippen MR) is 78.6 cm³/mol. The first-order valence-electron chi connectivity index (χ1n) is 6.12. The van der Waals surface area contributed by atoms with Gasteiger partial charge in [0.2, 0.25) is 10.0 Å². The Morgan fingerprint density at radius 3 is 2.48 bits per heavy atom. The number of carboxylic acid groups (broad SMARTS) is 1. The molecule has 110 valence electrons. The number of hydrogen-bond acceptors (Lipinski definition) is 4. The highest BCUT2D eigenvalue weighted by Crippen LogP contribution is 2.15. The molecule has 0 unspecified atom stereocenters. The van der Waals surface area contributed by atoms with Crippen LogP contribution in [-0.4, -0.2) is 24.5 Å². The topological polar surface area (TPSA) is 96.4 Å². The zero-order valence-electron chi connectivity index (χ0n) is 11.3. The SMILES string of the molecule is Cc1ncccc1NS(=O)(=O)Cc1ccc(C(=O)O)cc1. The lowest BCUT2D eigenvalue weighted by Gasteiger charge is -2.09. The first kappa shape index (κ1) is 15.0. The molecule has 0 bridgehead atoms. The lowest BCUT2D eigenvalue weighted by atomic mass is 10.1. The fraction of sp³-hybridized carbons (Fsp3) is 0.143. The van der Waals surface area contributed by atoms with Crippen LogP contribution in [0.5, 0.6) is 0 Å². The Morgan fingerprint density at radius 2 is 1.90 bits per heavy atom. The van der Waals surface area contributed by atoms with Gasteiger partial charge in [-0.05, 0) is 36.8 Å². The van der Waals surface area contributed by atoms with E-state index in [0.29, 0.717) is 16.9 Å². The Morgan fingerprint density at radius 1 is 1.24 bits per heavy atom. The maximum absolute atomic E-state index is 12.1. The third-order valence-electron chi connectivity index (χ3n) is 2.83. The summed E-state index contributed by atoms with van der Waals surface area (Å²) in [6, 6.07) is 9.00. The second-order valence-corrected chi connectivity index (χ2v) is 6.22. The maximum Gasteiger partial charge on any atom is 0.335 e. The highest BCUT2D eigenvalue weighted by Gasteiger charge is 2.13. The quantitative estimate of drug-likeness (QED) is 0.881. The Labute approximate surface area is 122 Å². The van der Waals surface area contributed by atoms with Crippen LogP contribution in [0.1, 0.15) is 21.6 Å². The molecule has 0 spiro atoms. The van der Waals surface area contributed by atoms with E-state index < -0.39 is 16.0 Å². The minimum atomic E-state index is -3.58. The number of hydrogen-bond donors (Lipinski definition) is 2. The molecule has 2 rings (SSSR count). The van der Waals surface area contributed by atoms with Crippen LogP contribution >= 0.6 is 0 Å². The lowest BCUT2D eigenvalue weighted by Crippen LogP contribution is -2.16. The number of pyridine rings is 1. The van der Waals surface area contributed by atoms with Crippen molar-refractivity contribution in [1.29, 1.82) is 0 Å². The van der Waals surface area contributed by atoms with Gasteiger partial charge in [0.05, 0.1) is 22.7 Å². The second kappa shape index (κ2) is 5.92. The number of anilines is 1. The predicted octanol–water partition coefficient (Wildman–Crippen LogP) is 2.03. The van der Waals surface area contributed by atoms with Crippen LogP contribution in [0.3, 0.4) is 0 Å². The Kier molecular flexibility index (Phi) is 4.23. The van der Waals surface area contributed by atoms with Gasteiger partial charge in [-0.2, -0.15) is 0 Å². The molecule has 0 fully saturated rings. The number of nitrogens with one attached hydrogen (secondary N) is 1. The molecule has 2 N–H and O–H groups in total. The number of aromatic carboxylic acids is 1. The fourth-order valence-electron chi connectivity index (χ4n) is 1.76. The van der Waals surface area contributed by atoms with Crippen molar-refractivity contribution >= 4 is 21.7 Å². The molecule has 0 atom stereocenters. The molecule has 0 aliphatic rings. The fourth-order valence-corrected chi connectivity index (χ4v) is 3.01. The van der Waals surface area contributed by atoms with Gasteiger partial charge in [0.25, 0.3) is 0 Å². The molecular weight excluding hydrogens is 292 g/mol. The molecule has 1 heterocycles. The molecule has 0 aliphatic carbocycles. The van der Waals surface area contributed by atoms with Crippen LogP contribution in [0, 0.1) is 6.92 Å². The average molecular weight is 306 g/mol. The van der Waals surface area contributed by atoms with E-state index in [2.05, 4.69) is 9.71 Å². The summed E-state index contributed by atoms with van der Waals surface area (Å²) < 4.78 is 26.6. The molecule has 0 aliphatic heterocycles. The zero-order valence-corrected chi connectivity index (χ0v) is 12.1. The van der Waals surface area contributed by atoms with Crippen molar-refractivity contribution in [2.75, 3.05) is 4.72 Å². The molecule has 0 saturated heterocycles. The van der Waals surface area contributed by atoms with E-state index in [4.69, 9.17) is 5.11 Å². The van der Waals surface area contributed by atoms with Crippen molar-refractivity contribution in [3.8, 4) is 0 Å². The molecule has 21 heavy (non-hydrogen) atoms. The first-order chi connectivity index (χ1) is 9.87. The molecule has 6 nitrogen and oxygen atoms in total. The minimum Gasteiger partial charge on any atom is -0.478 e. The van der Waals surface area contributed by atoms with Crippen molar-refractivity contribution in [1.82, 2.24) is 4.98 Å². The molecule has 1 aromatic heterocycles. The van der Waals surface area contributed by atoms with Crippen molar-refractivity contribution in [2.24, 2.45) is 0 Å². The number of carbonyl (C=O) groups is 1. The number of rotatable bonds is 5. The van der Waals surface area contributed by atoms with Crippen LogP contribution in [0.4, 0.5) is 5.69 Å². The van der Waals surface area contributed by atoms with Gasteiger partial charge in [0.1, 0.15) is 0 Å². The highest BCUT2D eigenvalue weighted by atomic mass is 32.2. The van der Waals surface area contributed by atoms with Crippen LogP contribution < -0.4 is 4.72 Å². The third-order valence-corrected chi connectivity index (χ3v) is 4.07. The number of carboxylic acids is 1. The average Bonchev–Trinajstić information content (AvgIpc) is 2.41. The van der Waals surface area contributed by atoms with Gasteiger partial charge < -0.3 is 5.11 Å². The monoisotopic (exact) mass is 306 g/mol. The number of benzene rings is 1. The molecule has 1 aromatic carbocycles. The van der Waals surface area contributed by atoms with Crippen molar-refractivity contribution in [3.63, 3.8) is 0 Å². The summed E-state index contributed by atoms with van der Waals surface area (Å²) in [6.45, 7) is 1.71. The summed E-state index contributed by atoms with van der Waals surface area (Å²) in [4.78, 5) is 14.7. The summed E-state index contributed by atoms with van der Waals surface area (Å²) in [7, 11) is -3.58. The van der Waals surface area contributed by atoms with Crippen molar-refractivity contribution in [3.05, 3.63) is 59.4 Å². The van der Waals surface area contributed by atoms with Gasteiger partial charge in [-0.15, -0.1) is 0 Å². The van der Waals surface area contributed by atoms with E-state index in [-0.39, 0.29) is 11.3 Å². The molecule has 7 heteroatoms. The van der Waals surface area contributed by atoms with E-state index in [1.54, 1.807) is 25.3 Å². The summed E-state index contributed by atoms with van der Waals surface area (Å²) >= 11 is 0. The largest absolute Gasteiger partial charge is 0.478 e. The highest BCUT2D eigenvalue weighted by molar-refractivity contribution is 7.91. The van der Waals surface area contributed by atoms with Gasteiger partial charge in [0.15, 0.2) is 0 Å². The van der Waals surface area contributed by atoms with E-state index in [0.717, 1.165) is 0 Å². The molecule has 0 saturated carbocycles. The standard InChI is InChI=1S/C14H14N2O4S/c1-10-13(3-2-8-15-10)16-21(19,20)9-11-4-6-12(7-5-11)14(17)18/h2-8,16H,9H2,1H3,(H,17,18). The van der Waals surface area contributed by atoms with Gasteiger partial charge in [0, 0.05) is 6.20 Å². The summed E-state index contributed by atoms with van der Waals surface area (Å²) in [5.41, 5.74) is 1.64. The van der Waals surface area contributed by atoms with E-state index in [1.165, 1.54) is 24.3 Å². The van der Waals surface area contributed by atoms with E-state index >= 15 is 0 Å². The van der Waals surface area contributed by atoms with E-state index in [9.17, 15) is 13.2 Å². The summed E-state index contributed by atoms with van der Waals surface area (Å²) in [6.07, 6.45) is 1.58. The molecular formula is C14H14N2O4S. The zero-order chi connectivity index (χ0) is 15.5. The number of aryl methyl sites for hydroxylation is 1. The van der Waals surface area contributed by atoms with Crippen molar-refractivity contribution < 1.29 is 18.3 Å². The smallest absolute Gasteiger partial charge is 0.335 e. The minimum absolute atomic E-state index is 0.118. The maximum atomic E-state index is 12.1. The van der Waals surface area contributed by atoms with Crippen molar-refractivity contribution in [2.45, 2.75) is 12.7 Å². The third kappa shape index (κ3) is 4.03. The molecule has 0 radical (unpaired) electrons. The normalized spacial score (nSPS) is 11.1. The Balaban J connectivity index is 2.14.